The van der Waals surface area contributed by atoms with Crippen molar-refractivity contribution in [3.63, 3.8) is 0 Å². The highest BCUT2D eigenvalue weighted by Gasteiger charge is 1.95. The van der Waals surface area contributed by atoms with E-state index in [-0.39, 0.29) is 0 Å². The number of nitrogens with one attached hydrogen (secondary N) is 1. The molecular weight excluding hydrogens is 284 g/mol. The maximum Gasteiger partial charge on any atom is 0.0871 e. The molecule has 4 nitrogen and oxygen atoms in total. The summed E-state index contributed by atoms with van der Waals surface area (Å²) in [6.07, 6.45) is 0.520. The van der Waals surface area contributed by atoms with E-state index in [1.807, 2.05) is 36.4 Å². The van der Waals surface area contributed by atoms with E-state index in [0.29, 0.717) is 18.0 Å². The molecule has 0 saturated carbocycles. The Kier molecular flexibility index (Phi) is 5.89. The minimum Gasteiger partial charge on any atom is -0.312 e. The van der Waals surface area contributed by atoms with Gasteiger partial charge >= 0.3 is 0 Å². The standard InChI is InChI=1S/C16H15ClN4/c17-14-3-1-4-16(11-14)21-20-15-7-5-13(6-8-15)12-19-10-2-9-18/h1,3-8,11,19H,2,10,12H2. The van der Waals surface area contributed by atoms with E-state index < -0.39 is 0 Å². The lowest BCUT2D eigenvalue weighted by atomic mass is 10.2. The molecule has 0 heterocycles. The van der Waals surface area contributed by atoms with Crippen LogP contribution in [0.25, 0.3) is 0 Å². The Morgan fingerprint density at radius 2 is 1.81 bits per heavy atom. The minimum absolute atomic E-state index is 0.520. The summed E-state index contributed by atoms with van der Waals surface area (Å²) in [5, 5.41) is 20.6. The SMILES string of the molecule is N#CCCNCc1ccc(N=Nc2cccc(Cl)c2)cc1. The smallest absolute Gasteiger partial charge is 0.0871 e. The zero-order valence-corrected chi connectivity index (χ0v) is 12.2. The van der Waals surface area contributed by atoms with E-state index in [1.54, 1.807) is 12.1 Å². The molecule has 2 aromatic rings. The molecule has 0 aromatic heterocycles. The second-order valence-electron chi connectivity index (χ2n) is 4.43. The Bertz CT molecular complexity index is 644. The Hall–Kier alpha value is -2.22. The lowest BCUT2D eigenvalue weighted by Gasteiger charge is -2.02. The van der Waals surface area contributed by atoms with Crippen LogP contribution in [-0.4, -0.2) is 6.54 Å². The quantitative estimate of drug-likeness (QED) is 0.617. The van der Waals surface area contributed by atoms with Crippen LogP contribution in [-0.2, 0) is 6.54 Å². The van der Waals surface area contributed by atoms with Gasteiger partial charge in [0.1, 0.15) is 0 Å². The first-order chi connectivity index (χ1) is 10.3. The van der Waals surface area contributed by atoms with Crippen LogP contribution in [0.15, 0.2) is 58.8 Å². The fourth-order valence-corrected chi connectivity index (χ4v) is 1.90. The van der Waals surface area contributed by atoms with Gasteiger partial charge in [-0.15, -0.1) is 0 Å². The second-order valence-corrected chi connectivity index (χ2v) is 4.87. The van der Waals surface area contributed by atoms with E-state index >= 15 is 0 Å². The number of hydrogen-bond donors (Lipinski definition) is 1. The van der Waals surface area contributed by atoms with E-state index in [9.17, 15) is 0 Å². The predicted molar refractivity (Wildman–Crippen MR) is 84.0 cm³/mol. The van der Waals surface area contributed by atoms with Gasteiger partial charge < -0.3 is 5.32 Å². The van der Waals surface area contributed by atoms with Gasteiger partial charge in [-0.1, -0.05) is 29.8 Å². The molecule has 0 saturated heterocycles. The lowest BCUT2D eigenvalue weighted by molar-refractivity contribution is 0.699. The molecule has 0 spiro atoms. The van der Waals surface area contributed by atoms with Crippen molar-refractivity contribution in [3.05, 3.63) is 59.1 Å². The highest BCUT2D eigenvalue weighted by atomic mass is 35.5. The molecule has 1 N–H and O–H groups in total. The van der Waals surface area contributed by atoms with Crippen molar-refractivity contribution in [2.45, 2.75) is 13.0 Å². The topological polar surface area (TPSA) is 60.5 Å². The molecule has 0 unspecified atom stereocenters. The van der Waals surface area contributed by atoms with Crippen LogP contribution >= 0.6 is 11.6 Å². The third-order valence-electron chi connectivity index (χ3n) is 2.77. The zero-order chi connectivity index (χ0) is 14.9. The van der Waals surface area contributed by atoms with Crippen molar-refractivity contribution in [1.82, 2.24) is 5.32 Å². The molecule has 0 aliphatic carbocycles. The maximum atomic E-state index is 8.45. The summed E-state index contributed by atoms with van der Waals surface area (Å²) in [6, 6.07) is 17.2. The molecule has 0 aliphatic rings. The van der Waals surface area contributed by atoms with Gasteiger partial charge in [-0.3, -0.25) is 0 Å². The molecule has 5 heteroatoms. The Morgan fingerprint density at radius 1 is 1.05 bits per heavy atom. The normalized spacial score (nSPS) is 10.7. The Morgan fingerprint density at radius 3 is 2.52 bits per heavy atom. The summed E-state index contributed by atoms with van der Waals surface area (Å²) >= 11 is 5.89. The first-order valence-electron chi connectivity index (χ1n) is 6.62. The minimum atomic E-state index is 0.520. The summed E-state index contributed by atoms with van der Waals surface area (Å²) in [7, 11) is 0. The van der Waals surface area contributed by atoms with E-state index in [4.69, 9.17) is 16.9 Å². The summed E-state index contributed by atoms with van der Waals surface area (Å²) in [6.45, 7) is 1.44. The number of azo groups is 1. The molecule has 2 aromatic carbocycles. The van der Waals surface area contributed by atoms with Gasteiger partial charge in [-0.2, -0.15) is 15.5 Å². The van der Waals surface area contributed by atoms with Gasteiger partial charge in [0.15, 0.2) is 0 Å². The van der Waals surface area contributed by atoms with Gasteiger partial charge in [0.2, 0.25) is 0 Å². The van der Waals surface area contributed by atoms with E-state index in [2.05, 4.69) is 21.6 Å². The summed E-state index contributed by atoms with van der Waals surface area (Å²) in [5.41, 5.74) is 2.66. The zero-order valence-electron chi connectivity index (χ0n) is 11.5. The van der Waals surface area contributed by atoms with Crippen LogP contribution < -0.4 is 5.32 Å². The summed E-state index contributed by atoms with van der Waals surface area (Å²) in [4.78, 5) is 0. The molecule has 0 atom stereocenters. The molecule has 106 valence electrons. The number of nitriles is 1. The van der Waals surface area contributed by atoms with Crippen molar-refractivity contribution in [2.24, 2.45) is 10.2 Å². The number of nitrogens with zero attached hydrogens (tertiary/aromatic N) is 3. The van der Waals surface area contributed by atoms with Crippen molar-refractivity contribution in [3.8, 4) is 6.07 Å². The third kappa shape index (κ3) is 5.35. The van der Waals surface area contributed by atoms with Crippen LogP contribution in [0.1, 0.15) is 12.0 Å². The van der Waals surface area contributed by atoms with Gasteiger partial charge in [0.05, 0.1) is 17.4 Å². The largest absolute Gasteiger partial charge is 0.312 e. The van der Waals surface area contributed by atoms with Gasteiger partial charge in [0, 0.05) is 24.5 Å². The van der Waals surface area contributed by atoms with Gasteiger partial charge in [0.25, 0.3) is 0 Å². The highest BCUT2D eigenvalue weighted by molar-refractivity contribution is 6.30. The second kappa shape index (κ2) is 8.15. The third-order valence-corrected chi connectivity index (χ3v) is 3.00. The number of benzene rings is 2. The first-order valence-corrected chi connectivity index (χ1v) is 6.99. The van der Waals surface area contributed by atoms with Crippen LogP contribution in [0.3, 0.4) is 0 Å². The summed E-state index contributed by atoms with van der Waals surface area (Å²) in [5.74, 6) is 0. The fourth-order valence-electron chi connectivity index (χ4n) is 1.71. The molecule has 2 rings (SSSR count). The molecule has 0 aliphatic heterocycles. The van der Waals surface area contributed by atoms with Gasteiger partial charge in [-0.25, -0.2) is 0 Å². The van der Waals surface area contributed by atoms with E-state index in [1.165, 1.54) is 0 Å². The molecule has 0 fully saturated rings. The van der Waals surface area contributed by atoms with E-state index in [0.717, 1.165) is 23.5 Å². The lowest BCUT2D eigenvalue weighted by Crippen LogP contribution is -2.13. The average Bonchev–Trinajstić information content (AvgIpc) is 2.51. The average molecular weight is 299 g/mol. The first kappa shape index (κ1) is 15.2. The van der Waals surface area contributed by atoms with Crippen molar-refractivity contribution >= 4 is 23.0 Å². The van der Waals surface area contributed by atoms with Crippen LogP contribution in [0, 0.1) is 11.3 Å². The van der Waals surface area contributed by atoms with Crippen LogP contribution in [0.5, 0.6) is 0 Å². The molecular formula is C16H15ClN4. The summed E-state index contributed by atoms with van der Waals surface area (Å²) < 4.78 is 0. The molecule has 0 radical (unpaired) electrons. The Labute approximate surface area is 129 Å². The predicted octanol–water partition coefficient (Wildman–Crippen LogP) is 4.76. The highest BCUT2D eigenvalue weighted by Crippen LogP contribution is 2.21. The van der Waals surface area contributed by atoms with Crippen molar-refractivity contribution in [1.29, 1.82) is 5.26 Å². The van der Waals surface area contributed by atoms with Crippen molar-refractivity contribution < 1.29 is 0 Å². The van der Waals surface area contributed by atoms with Crippen LogP contribution in [0.4, 0.5) is 11.4 Å². The fraction of sp³-hybridized carbons (Fsp3) is 0.188. The molecule has 0 bridgehead atoms. The molecule has 0 amide bonds. The Balaban J connectivity index is 1.91. The van der Waals surface area contributed by atoms with Crippen molar-refractivity contribution in [2.75, 3.05) is 6.54 Å². The monoisotopic (exact) mass is 298 g/mol. The molecule has 21 heavy (non-hydrogen) atoms. The van der Waals surface area contributed by atoms with Crippen LogP contribution in [0.2, 0.25) is 5.02 Å². The number of rotatable bonds is 6. The number of halogens is 1. The van der Waals surface area contributed by atoms with Gasteiger partial charge in [-0.05, 0) is 35.9 Å². The number of hydrogen-bond acceptors (Lipinski definition) is 4. The maximum absolute atomic E-state index is 8.45.